The number of hydrogen-bond acceptors (Lipinski definition) is 1. The number of ether oxygens (including phenoxy) is 1. The number of methoxy groups -OCH3 is 1. The highest BCUT2D eigenvalue weighted by Gasteiger charge is 2.32. The summed E-state index contributed by atoms with van der Waals surface area (Å²) in [5.41, 5.74) is 0.613. The third kappa shape index (κ3) is 3.99. The van der Waals surface area contributed by atoms with Crippen molar-refractivity contribution in [2.75, 3.05) is 13.7 Å². The molecule has 0 bridgehead atoms. The van der Waals surface area contributed by atoms with Gasteiger partial charge in [-0.05, 0) is 37.5 Å². The van der Waals surface area contributed by atoms with E-state index < -0.39 is 0 Å². The molecule has 1 saturated carbocycles. The van der Waals surface area contributed by atoms with Gasteiger partial charge >= 0.3 is 0 Å². The lowest BCUT2D eigenvalue weighted by atomic mass is 9.83. The summed E-state index contributed by atoms with van der Waals surface area (Å²) in [4.78, 5) is 0.778. The molecule has 1 nitrogen and oxygen atoms in total. The summed E-state index contributed by atoms with van der Waals surface area (Å²) in [5.74, 6) is 0. The van der Waals surface area contributed by atoms with E-state index in [1.165, 1.54) is 38.5 Å². The average Bonchev–Trinajstić information content (AvgIpc) is 2.41. The molecule has 2 unspecified atom stereocenters. The normalized spacial score (nSPS) is 33.9. The van der Waals surface area contributed by atoms with E-state index in [1.54, 1.807) is 7.11 Å². The first kappa shape index (κ1) is 11.5. The molecule has 0 N–H and O–H groups in total. The van der Waals surface area contributed by atoms with Gasteiger partial charge in [0.1, 0.15) is 0 Å². The van der Waals surface area contributed by atoms with Crippen LogP contribution in [0.1, 0.15) is 45.4 Å². The van der Waals surface area contributed by atoms with E-state index in [0.717, 1.165) is 11.4 Å². The van der Waals surface area contributed by atoms with Gasteiger partial charge < -0.3 is 4.74 Å². The van der Waals surface area contributed by atoms with E-state index in [4.69, 9.17) is 4.74 Å². The van der Waals surface area contributed by atoms with Crippen molar-refractivity contribution in [3.05, 3.63) is 0 Å². The van der Waals surface area contributed by atoms with E-state index in [9.17, 15) is 0 Å². The van der Waals surface area contributed by atoms with Gasteiger partial charge in [-0.25, -0.2) is 0 Å². The smallest absolute Gasteiger partial charge is 0.0462 e. The zero-order chi connectivity index (χ0) is 9.73. The van der Waals surface area contributed by atoms with E-state index in [-0.39, 0.29) is 0 Å². The Hall–Kier alpha value is 0.440. The molecule has 0 aliphatic heterocycles. The van der Waals surface area contributed by atoms with Gasteiger partial charge in [0.25, 0.3) is 0 Å². The van der Waals surface area contributed by atoms with E-state index in [1.807, 2.05) is 0 Å². The number of rotatable bonds is 5. The minimum atomic E-state index is 0.613. The molecular formula is C11H21BrO. The van der Waals surface area contributed by atoms with Crippen LogP contribution in [0.25, 0.3) is 0 Å². The maximum atomic E-state index is 5.05. The molecule has 0 heterocycles. The summed E-state index contributed by atoms with van der Waals surface area (Å²) in [6.45, 7) is 3.36. The largest absolute Gasteiger partial charge is 0.385 e. The quantitative estimate of drug-likeness (QED) is 0.532. The van der Waals surface area contributed by atoms with Gasteiger partial charge in [-0.1, -0.05) is 29.3 Å². The summed E-state index contributed by atoms with van der Waals surface area (Å²) < 4.78 is 5.05. The van der Waals surface area contributed by atoms with Gasteiger partial charge in [-0.3, -0.25) is 0 Å². The molecular weight excluding hydrogens is 228 g/mol. The lowest BCUT2D eigenvalue weighted by Crippen LogP contribution is -2.12. The second-order valence-corrected chi connectivity index (χ2v) is 5.90. The molecule has 0 aromatic carbocycles. The maximum absolute atomic E-state index is 5.05. The molecule has 13 heavy (non-hydrogen) atoms. The lowest BCUT2D eigenvalue weighted by molar-refractivity contribution is 0.184. The molecule has 1 aliphatic rings. The van der Waals surface area contributed by atoms with Crippen LogP contribution in [0.3, 0.4) is 0 Å². The molecule has 1 rings (SSSR count). The molecule has 0 aromatic rings. The Morgan fingerprint density at radius 2 is 2.23 bits per heavy atom. The molecule has 2 atom stereocenters. The van der Waals surface area contributed by atoms with Gasteiger partial charge in [0.15, 0.2) is 0 Å². The number of hydrogen-bond donors (Lipinski definition) is 0. The highest BCUT2D eigenvalue weighted by Crippen LogP contribution is 2.44. The topological polar surface area (TPSA) is 9.23 Å². The van der Waals surface area contributed by atoms with E-state index in [0.29, 0.717) is 5.41 Å². The third-order valence-corrected chi connectivity index (χ3v) is 3.94. The van der Waals surface area contributed by atoms with Gasteiger partial charge in [-0.15, -0.1) is 0 Å². The molecule has 1 aliphatic carbocycles. The standard InChI is InChI=1S/C11H21BrO/c1-11(6-3-4-8-13-2)7-5-10(12)9-11/h10H,3-9H2,1-2H3. The van der Waals surface area contributed by atoms with Crippen LogP contribution < -0.4 is 0 Å². The molecule has 0 amide bonds. The molecule has 0 radical (unpaired) electrons. The van der Waals surface area contributed by atoms with E-state index >= 15 is 0 Å². The predicted octanol–water partition coefficient (Wildman–Crippen LogP) is 3.76. The molecule has 0 saturated heterocycles. The maximum Gasteiger partial charge on any atom is 0.0462 e. The minimum absolute atomic E-state index is 0.613. The fraction of sp³-hybridized carbons (Fsp3) is 1.00. The highest BCUT2D eigenvalue weighted by atomic mass is 79.9. The van der Waals surface area contributed by atoms with Crippen LogP contribution in [-0.2, 0) is 4.74 Å². The minimum Gasteiger partial charge on any atom is -0.385 e. The predicted molar refractivity (Wildman–Crippen MR) is 60.4 cm³/mol. The summed E-state index contributed by atoms with van der Waals surface area (Å²) in [5, 5.41) is 0. The Morgan fingerprint density at radius 1 is 1.46 bits per heavy atom. The molecule has 0 spiro atoms. The average molecular weight is 249 g/mol. The van der Waals surface area contributed by atoms with E-state index in [2.05, 4.69) is 22.9 Å². The van der Waals surface area contributed by atoms with Crippen LogP contribution in [0.2, 0.25) is 0 Å². The second kappa shape index (κ2) is 5.35. The summed E-state index contributed by atoms with van der Waals surface area (Å²) >= 11 is 3.71. The van der Waals surface area contributed by atoms with Crippen molar-refractivity contribution >= 4 is 15.9 Å². The highest BCUT2D eigenvalue weighted by molar-refractivity contribution is 9.09. The fourth-order valence-corrected chi connectivity index (χ4v) is 3.28. The van der Waals surface area contributed by atoms with Crippen LogP contribution in [0.4, 0.5) is 0 Å². The SMILES string of the molecule is COCCCCC1(C)CCC(Br)C1. The van der Waals surface area contributed by atoms with Crippen LogP contribution >= 0.6 is 15.9 Å². The van der Waals surface area contributed by atoms with Crippen molar-refractivity contribution in [3.63, 3.8) is 0 Å². The summed E-state index contributed by atoms with van der Waals surface area (Å²) in [6, 6.07) is 0. The first-order valence-corrected chi connectivity index (χ1v) is 6.21. The van der Waals surface area contributed by atoms with Crippen molar-refractivity contribution in [1.82, 2.24) is 0 Å². The van der Waals surface area contributed by atoms with Gasteiger partial charge in [-0.2, -0.15) is 0 Å². The van der Waals surface area contributed by atoms with Crippen molar-refractivity contribution in [1.29, 1.82) is 0 Å². The van der Waals surface area contributed by atoms with Crippen molar-refractivity contribution in [3.8, 4) is 0 Å². The zero-order valence-corrected chi connectivity index (χ0v) is 10.4. The molecule has 2 heteroatoms. The first-order chi connectivity index (χ1) is 6.16. The zero-order valence-electron chi connectivity index (χ0n) is 8.81. The Balaban J connectivity index is 2.12. The van der Waals surface area contributed by atoms with Crippen LogP contribution in [-0.4, -0.2) is 18.5 Å². The van der Waals surface area contributed by atoms with Crippen molar-refractivity contribution in [2.45, 2.75) is 50.3 Å². The molecule has 0 aromatic heterocycles. The summed E-state index contributed by atoms with van der Waals surface area (Å²) in [7, 11) is 1.78. The fourth-order valence-electron chi connectivity index (χ4n) is 2.27. The van der Waals surface area contributed by atoms with Gasteiger partial charge in [0, 0.05) is 18.5 Å². The monoisotopic (exact) mass is 248 g/mol. The van der Waals surface area contributed by atoms with Crippen LogP contribution in [0.15, 0.2) is 0 Å². The van der Waals surface area contributed by atoms with Gasteiger partial charge in [0.05, 0.1) is 0 Å². The molecule has 1 fully saturated rings. The van der Waals surface area contributed by atoms with Crippen molar-refractivity contribution < 1.29 is 4.74 Å². The van der Waals surface area contributed by atoms with Crippen LogP contribution in [0, 0.1) is 5.41 Å². The number of halogens is 1. The number of alkyl halides is 1. The summed E-state index contributed by atoms with van der Waals surface area (Å²) in [6.07, 6.45) is 8.04. The molecule has 78 valence electrons. The Bertz CT molecular complexity index is 149. The number of unbranched alkanes of at least 4 members (excludes halogenated alkanes) is 1. The Kier molecular flexibility index (Phi) is 4.74. The Labute approximate surface area is 90.4 Å². The second-order valence-electron chi connectivity index (χ2n) is 4.60. The van der Waals surface area contributed by atoms with Crippen LogP contribution in [0.5, 0.6) is 0 Å². The van der Waals surface area contributed by atoms with Crippen molar-refractivity contribution in [2.24, 2.45) is 5.41 Å². The van der Waals surface area contributed by atoms with Gasteiger partial charge in [0.2, 0.25) is 0 Å². The third-order valence-electron chi connectivity index (χ3n) is 3.15. The Morgan fingerprint density at radius 3 is 2.77 bits per heavy atom. The first-order valence-electron chi connectivity index (χ1n) is 5.29. The lowest BCUT2D eigenvalue weighted by Gasteiger charge is -2.23.